The fourth-order valence-electron chi connectivity index (χ4n) is 3.06. The molecule has 4 aromatic rings. The molecule has 0 N–H and O–H groups in total. The Hall–Kier alpha value is -3.39. The number of benzene rings is 2. The van der Waals surface area contributed by atoms with E-state index < -0.39 is 0 Å². The van der Waals surface area contributed by atoms with Gasteiger partial charge in [0.2, 0.25) is 4.96 Å². The Bertz CT molecular complexity index is 1300. The van der Waals surface area contributed by atoms with Gasteiger partial charge in [-0.25, -0.2) is 0 Å². The Kier molecular flexibility index (Phi) is 6.18. The molecule has 7 nitrogen and oxygen atoms in total. The highest BCUT2D eigenvalue weighted by atomic mass is 32.1. The maximum Gasteiger partial charge on any atom is 0.291 e. The van der Waals surface area contributed by atoms with Crippen molar-refractivity contribution >= 4 is 22.4 Å². The maximum atomic E-state index is 12.9. The van der Waals surface area contributed by atoms with Gasteiger partial charge in [0.15, 0.2) is 17.3 Å². The van der Waals surface area contributed by atoms with Gasteiger partial charge in [-0.1, -0.05) is 24.3 Å². The van der Waals surface area contributed by atoms with Crippen LogP contribution in [0.4, 0.5) is 0 Å². The van der Waals surface area contributed by atoms with Crippen molar-refractivity contribution in [2.45, 2.75) is 20.3 Å². The van der Waals surface area contributed by atoms with Crippen LogP contribution in [0.3, 0.4) is 0 Å². The van der Waals surface area contributed by atoms with Crippen LogP contribution in [-0.2, 0) is 0 Å². The number of aromatic nitrogens is 3. The zero-order valence-electron chi connectivity index (χ0n) is 17.6. The topological polar surface area (TPSA) is 75.0 Å². The number of methoxy groups -OCH3 is 1. The van der Waals surface area contributed by atoms with Crippen LogP contribution in [0.1, 0.15) is 25.8 Å². The minimum atomic E-state index is -0.198. The lowest BCUT2D eigenvalue weighted by Gasteiger charge is -2.11. The number of nitrogens with zero attached hydrogens (tertiary/aromatic N) is 3. The largest absolute Gasteiger partial charge is 0.497 e. The van der Waals surface area contributed by atoms with Gasteiger partial charge < -0.3 is 14.2 Å². The van der Waals surface area contributed by atoms with E-state index in [2.05, 4.69) is 17.0 Å². The molecule has 160 valence electrons. The zero-order chi connectivity index (χ0) is 21.8. The van der Waals surface area contributed by atoms with Gasteiger partial charge in [-0.05, 0) is 61.4 Å². The average molecular weight is 438 g/mol. The highest BCUT2D eigenvalue weighted by Crippen LogP contribution is 2.29. The molecule has 0 unspecified atom stereocenters. The fraction of sp³-hybridized carbons (Fsp3) is 0.261. The average Bonchev–Trinajstić information content (AvgIpc) is 3.33. The van der Waals surface area contributed by atoms with Gasteiger partial charge in [-0.3, -0.25) is 4.79 Å². The summed E-state index contributed by atoms with van der Waals surface area (Å²) in [6.07, 6.45) is 2.74. The van der Waals surface area contributed by atoms with E-state index in [4.69, 9.17) is 14.2 Å². The zero-order valence-corrected chi connectivity index (χ0v) is 18.4. The maximum absolute atomic E-state index is 12.9. The van der Waals surface area contributed by atoms with Crippen LogP contribution < -0.4 is 24.3 Å². The first kappa shape index (κ1) is 20.9. The molecule has 2 aromatic heterocycles. The van der Waals surface area contributed by atoms with Crippen LogP contribution >= 0.6 is 11.3 Å². The Labute approximate surface area is 183 Å². The van der Waals surface area contributed by atoms with Crippen LogP contribution in [0.5, 0.6) is 17.2 Å². The molecule has 0 saturated heterocycles. The molecule has 0 fully saturated rings. The molecule has 8 heteroatoms. The van der Waals surface area contributed by atoms with Crippen molar-refractivity contribution in [3.63, 3.8) is 0 Å². The molecule has 4 rings (SSSR count). The van der Waals surface area contributed by atoms with Crippen molar-refractivity contribution in [3.8, 4) is 28.6 Å². The first-order chi connectivity index (χ1) is 15.1. The van der Waals surface area contributed by atoms with Crippen LogP contribution in [0.2, 0.25) is 0 Å². The van der Waals surface area contributed by atoms with Crippen molar-refractivity contribution in [2.24, 2.45) is 0 Å². The highest BCUT2D eigenvalue weighted by molar-refractivity contribution is 7.15. The van der Waals surface area contributed by atoms with E-state index in [1.165, 1.54) is 15.9 Å². The lowest BCUT2D eigenvalue weighted by molar-refractivity contribution is 0.277. The fourth-order valence-corrected chi connectivity index (χ4v) is 3.97. The lowest BCUT2D eigenvalue weighted by atomic mass is 10.2. The normalized spacial score (nSPS) is 11.8. The Balaban J connectivity index is 1.68. The highest BCUT2D eigenvalue weighted by Gasteiger charge is 2.13. The molecule has 0 aliphatic carbocycles. The summed E-state index contributed by atoms with van der Waals surface area (Å²) >= 11 is 1.30. The molecule has 0 spiro atoms. The summed E-state index contributed by atoms with van der Waals surface area (Å²) in [5, 5.41) is 4.39. The smallest absolute Gasteiger partial charge is 0.291 e. The van der Waals surface area contributed by atoms with E-state index >= 15 is 0 Å². The Morgan fingerprint density at radius 3 is 2.55 bits per heavy atom. The Morgan fingerprint density at radius 1 is 1.06 bits per heavy atom. The number of hydrogen-bond donors (Lipinski definition) is 0. The molecule has 0 amide bonds. The third-order valence-electron chi connectivity index (χ3n) is 4.56. The number of fused-ring (bicyclic) bond motifs is 1. The molecule has 0 saturated carbocycles. The monoisotopic (exact) mass is 437 g/mol. The van der Waals surface area contributed by atoms with Crippen LogP contribution in [0.25, 0.3) is 22.4 Å². The second kappa shape index (κ2) is 9.18. The van der Waals surface area contributed by atoms with Crippen LogP contribution in [-0.4, -0.2) is 34.9 Å². The van der Waals surface area contributed by atoms with Gasteiger partial charge >= 0.3 is 0 Å². The predicted octanol–water partition coefficient (Wildman–Crippen LogP) is 3.56. The minimum Gasteiger partial charge on any atom is -0.497 e. The molecule has 0 bridgehead atoms. The SMILES string of the molecule is CCCOc1ccc(/C=c2\sc3nc(-c4ccc(OC)cc4)nn3c2=O)cc1OCC. The number of ether oxygens (including phenoxy) is 3. The molecular weight excluding hydrogens is 414 g/mol. The molecule has 2 heterocycles. The third kappa shape index (κ3) is 4.39. The van der Waals surface area contributed by atoms with Crippen molar-refractivity contribution in [2.75, 3.05) is 20.3 Å². The van der Waals surface area contributed by atoms with Gasteiger partial charge in [0.05, 0.1) is 24.9 Å². The summed E-state index contributed by atoms with van der Waals surface area (Å²) in [7, 11) is 1.62. The van der Waals surface area contributed by atoms with E-state index in [0.717, 1.165) is 23.3 Å². The van der Waals surface area contributed by atoms with E-state index in [9.17, 15) is 4.79 Å². The molecule has 0 aliphatic rings. The summed E-state index contributed by atoms with van der Waals surface area (Å²) in [6.45, 7) is 5.14. The molecule has 0 atom stereocenters. The van der Waals surface area contributed by atoms with E-state index in [1.54, 1.807) is 7.11 Å². The Morgan fingerprint density at radius 2 is 1.87 bits per heavy atom. The van der Waals surface area contributed by atoms with Crippen molar-refractivity contribution in [3.05, 3.63) is 62.9 Å². The minimum absolute atomic E-state index is 0.198. The van der Waals surface area contributed by atoms with Crippen molar-refractivity contribution < 1.29 is 14.2 Å². The standard InChI is InChI=1S/C23H23N3O4S/c1-4-12-30-18-11-6-15(13-19(18)29-5-2)14-20-22(27)26-23(31-20)24-21(25-26)16-7-9-17(28-3)10-8-16/h6-11,13-14H,4-5,12H2,1-3H3/b20-14-. The molecule has 31 heavy (non-hydrogen) atoms. The summed E-state index contributed by atoms with van der Waals surface area (Å²) in [4.78, 5) is 17.9. The molecule has 0 aliphatic heterocycles. The van der Waals surface area contributed by atoms with E-state index in [1.807, 2.05) is 55.5 Å². The van der Waals surface area contributed by atoms with Gasteiger partial charge in [0.25, 0.3) is 5.56 Å². The number of rotatable bonds is 8. The molecule has 0 radical (unpaired) electrons. The van der Waals surface area contributed by atoms with Crippen molar-refractivity contribution in [1.29, 1.82) is 0 Å². The third-order valence-corrected chi connectivity index (χ3v) is 5.52. The quantitative estimate of drug-likeness (QED) is 0.420. The second-order valence-corrected chi connectivity index (χ2v) is 7.77. The van der Waals surface area contributed by atoms with E-state index in [-0.39, 0.29) is 5.56 Å². The van der Waals surface area contributed by atoms with Crippen LogP contribution in [0.15, 0.2) is 47.3 Å². The lowest BCUT2D eigenvalue weighted by Crippen LogP contribution is -2.23. The summed E-state index contributed by atoms with van der Waals surface area (Å²) in [5.41, 5.74) is 1.48. The predicted molar refractivity (Wildman–Crippen MR) is 121 cm³/mol. The van der Waals surface area contributed by atoms with Gasteiger partial charge in [0.1, 0.15) is 5.75 Å². The first-order valence-electron chi connectivity index (χ1n) is 10.1. The van der Waals surface area contributed by atoms with Gasteiger partial charge in [-0.2, -0.15) is 9.50 Å². The van der Waals surface area contributed by atoms with Crippen molar-refractivity contribution in [1.82, 2.24) is 14.6 Å². The summed E-state index contributed by atoms with van der Waals surface area (Å²) in [5.74, 6) is 2.63. The number of thiazole rings is 1. The summed E-state index contributed by atoms with van der Waals surface area (Å²) in [6, 6.07) is 13.1. The first-order valence-corrected chi connectivity index (χ1v) is 10.9. The van der Waals surface area contributed by atoms with Gasteiger partial charge in [0, 0.05) is 5.56 Å². The van der Waals surface area contributed by atoms with Gasteiger partial charge in [-0.15, -0.1) is 5.10 Å². The summed E-state index contributed by atoms with van der Waals surface area (Å²) < 4.78 is 18.5. The second-order valence-electron chi connectivity index (χ2n) is 6.76. The molecule has 2 aromatic carbocycles. The van der Waals surface area contributed by atoms with Crippen LogP contribution in [0, 0.1) is 0 Å². The molecular formula is C23H23N3O4S. The number of hydrogen-bond acceptors (Lipinski definition) is 7. The van der Waals surface area contributed by atoms with E-state index in [0.29, 0.717) is 40.0 Å².